The molecule has 0 spiro atoms. The zero-order valence-corrected chi connectivity index (χ0v) is 15.5. The maximum atomic E-state index is 13.1. The zero-order chi connectivity index (χ0) is 20.0. The highest BCUT2D eigenvalue weighted by Gasteiger charge is 2.40. The summed E-state index contributed by atoms with van der Waals surface area (Å²) in [6.07, 6.45) is 0. The number of nitrogens with zero attached hydrogens (tertiary/aromatic N) is 2. The van der Waals surface area contributed by atoms with E-state index in [0.29, 0.717) is 34.8 Å². The molecule has 142 valence electrons. The first-order chi connectivity index (χ1) is 13.4. The Morgan fingerprint density at radius 2 is 1.86 bits per heavy atom. The van der Waals surface area contributed by atoms with Crippen molar-refractivity contribution in [1.29, 1.82) is 0 Å². The Labute approximate surface area is 161 Å². The van der Waals surface area contributed by atoms with E-state index < -0.39 is 17.7 Å². The number of amides is 2. The Kier molecular flexibility index (Phi) is 4.22. The van der Waals surface area contributed by atoms with E-state index in [1.807, 2.05) is 6.92 Å². The molecule has 2 aliphatic rings. The Balaban J connectivity index is 1.69. The van der Waals surface area contributed by atoms with Crippen LogP contribution in [0.1, 0.15) is 34.6 Å². The summed E-state index contributed by atoms with van der Waals surface area (Å²) in [5.74, 6) is -1.30. The van der Waals surface area contributed by atoms with Gasteiger partial charge in [-0.25, -0.2) is 0 Å². The van der Waals surface area contributed by atoms with E-state index in [2.05, 4.69) is 0 Å². The molecule has 0 aromatic heterocycles. The van der Waals surface area contributed by atoms with E-state index in [-0.39, 0.29) is 18.3 Å². The van der Waals surface area contributed by atoms with Gasteiger partial charge in [0.25, 0.3) is 17.6 Å². The van der Waals surface area contributed by atoms with Crippen molar-refractivity contribution in [2.75, 3.05) is 23.0 Å². The van der Waals surface area contributed by atoms with Crippen LogP contribution in [-0.4, -0.2) is 42.6 Å². The van der Waals surface area contributed by atoms with E-state index in [1.165, 1.54) is 4.90 Å². The van der Waals surface area contributed by atoms with Crippen LogP contribution in [0.2, 0.25) is 0 Å². The van der Waals surface area contributed by atoms with Crippen molar-refractivity contribution in [3.63, 3.8) is 0 Å². The molecule has 0 N–H and O–H groups in total. The first-order valence-electron chi connectivity index (χ1n) is 9.02. The van der Waals surface area contributed by atoms with E-state index in [4.69, 9.17) is 4.74 Å². The van der Waals surface area contributed by atoms with Crippen LogP contribution in [0.5, 0.6) is 5.75 Å². The van der Waals surface area contributed by atoms with Crippen LogP contribution < -0.4 is 14.5 Å². The minimum Gasteiger partial charge on any atom is -0.482 e. The Hall–Kier alpha value is -3.48. The quantitative estimate of drug-likeness (QED) is 0.602. The van der Waals surface area contributed by atoms with Crippen molar-refractivity contribution in [1.82, 2.24) is 0 Å². The molecule has 7 nitrogen and oxygen atoms in total. The van der Waals surface area contributed by atoms with Gasteiger partial charge in [0.15, 0.2) is 12.4 Å². The molecule has 0 aliphatic carbocycles. The normalized spacial score (nSPS) is 16.6. The third kappa shape index (κ3) is 2.58. The van der Waals surface area contributed by atoms with Gasteiger partial charge in [0.2, 0.25) is 0 Å². The summed E-state index contributed by atoms with van der Waals surface area (Å²) in [5, 5.41) is 0. The molecule has 2 aliphatic heterocycles. The standard InChI is InChI=1S/C21H18N2O5/c1-3-22-16-10-13(8-9-17(16)28-11-18(22)24)19(25)12(2)23-15-7-5-4-6-14(15)20(26)21(23)27/h4-10,12H,3,11H2,1-2H3. The van der Waals surface area contributed by atoms with Crippen LogP contribution in [-0.2, 0) is 9.59 Å². The van der Waals surface area contributed by atoms with Gasteiger partial charge in [-0.1, -0.05) is 12.1 Å². The maximum Gasteiger partial charge on any atom is 0.300 e. The number of rotatable bonds is 4. The topological polar surface area (TPSA) is 84.0 Å². The smallest absolute Gasteiger partial charge is 0.300 e. The lowest BCUT2D eigenvalue weighted by molar-refractivity contribution is -0.121. The highest BCUT2D eigenvalue weighted by Crippen LogP contribution is 2.35. The fourth-order valence-electron chi connectivity index (χ4n) is 3.65. The average Bonchev–Trinajstić information content (AvgIpc) is 2.97. The van der Waals surface area contributed by atoms with Gasteiger partial charge in [-0.15, -0.1) is 0 Å². The molecule has 2 aromatic carbocycles. The summed E-state index contributed by atoms with van der Waals surface area (Å²) in [5.41, 5.74) is 1.60. The number of anilines is 2. The summed E-state index contributed by atoms with van der Waals surface area (Å²) in [4.78, 5) is 52.6. The lowest BCUT2D eigenvalue weighted by atomic mass is 10.0. The van der Waals surface area contributed by atoms with Crippen LogP contribution in [0, 0.1) is 0 Å². The van der Waals surface area contributed by atoms with Crippen LogP contribution in [0.15, 0.2) is 42.5 Å². The van der Waals surface area contributed by atoms with Crippen molar-refractivity contribution < 1.29 is 23.9 Å². The predicted octanol–water partition coefficient (Wildman–Crippen LogP) is 2.23. The molecule has 0 radical (unpaired) electrons. The van der Waals surface area contributed by atoms with Gasteiger partial charge < -0.3 is 9.64 Å². The Morgan fingerprint density at radius 3 is 2.61 bits per heavy atom. The SMILES string of the molecule is CCN1C(=O)COc2ccc(C(=O)C(C)N3C(=O)C(=O)c4ccccc43)cc21. The molecule has 0 fully saturated rings. The highest BCUT2D eigenvalue weighted by molar-refractivity contribution is 6.53. The van der Waals surface area contributed by atoms with Gasteiger partial charge in [-0.2, -0.15) is 0 Å². The molecule has 1 unspecified atom stereocenters. The number of benzene rings is 2. The van der Waals surface area contributed by atoms with Crippen molar-refractivity contribution in [2.45, 2.75) is 19.9 Å². The first-order valence-corrected chi connectivity index (χ1v) is 9.02. The Bertz CT molecular complexity index is 1030. The van der Waals surface area contributed by atoms with Gasteiger partial charge in [-0.3, -0.25) is 24.1 Å². The second-order valence-corrected chi connectivity index (χ2v) is 6.67. The highest BCUT2D eigenvalue weighted by atomic mass is 16.5. The third-order valence-corrected chi connectivity index (χ3v) is 5.09. The van der Waals surface area contributed by atoms with Gasteiger partial charge in [0, 0.05) is 12.1 Å². The molecular weight excluding hydrogens is 360 g/mol. The summed E-state index contributed by atoms with van der Waals surface area (Å²) in [6, 6.07) is 10.6. The van der Waals surface area contributed by atoms with Gasteiger partial charge >= 0.3 is 0 Å². The van der Waals surface area contributed by atoms with Crippen LogP contribution in [0.25, 0.3) is 0 Å². The molecule has 2 amide bonds. The monoisotopic (exact) mass is 378 g/mol. The predicted molar refractivity (Wildman–Crippen MR) is 102 cm³/mol. The molecule has 2 aromatic rings. The third-order valence-electron chi connectivity index (χ3n) is 5.09. The molecule has 4 rings (SSSR count). The van der Waals surface area contributed by atoms with Crippen LogP contribution >= 0.6 is 0 Å². The maximum absolute atomic E-state index is 13.1. The summed E-state index contributed by atoms with van der Waals surface area (Å²) in [6.45, 7) is 3.85. The number of carbonyl (C=O) groups is 4. The lowest BCUT2D eigenvalue weighted by Crippen LogP contribution is -2.43. The largest absolute Gasteiger partial charge is 0.482 e. The van der Waals surface area contributed by atoms with Gasteiger partial charge in [0.05, 0.1) is 23.0 Å². The van der Waals surface area contributed by atoms with Crippen LogP contribution in [0.4, 0.5) is 11.4 Å². The number of fused-ring (bicyclic) bond motifs is 2. The fraction of sp³-hybridized carbons (Fsp3) is 0.238. The van der Waals surface area contributed by atoms with Gasteiger partial charge in [-0.05, 0) is 44.2 Å². The second-order valence-electron chi connectivity index (χ2n) is 6.67. The number of carbonyl (C=O) groups excluding carboxylic acids is 4. The van der Waals surface area contributed by atoms with Crippen molar-refractivity contribution in [3.05, 3.63) is 53.6 Å². The minimum atomic E-state index is -0.867. The molecule has 0 bridgehead atoms. The zero-order valence-electron chi connectivity index (χ0n) is 15.5. The van der Waals surface area contributed by atoms with Crippen molar-refractivity contribution in [3.8, 4) is 5.75 Å². The van der Waals surface area contributed by atoms with Crippen molar-refractivity contribution in [2.24, 2.45) is 0 Å². The van der Waals surface area contributed by atoms with E-state index in [0.717, 1.165) is 0 Å². The van der Waals surface area contributed by atoms with Crippen molar-refractivity contribution >= 4 is 34.8 Å². The van der Waals surface area contributed by atoms with E-state index in [1.54, 1.807) is 54.3 Å². The summed E-state index contributed by atoms with van der Waals surface area (Å²) >= 11 is 0. The second kappa shape index (κ2) is 6.60. The first kappa shape index (κ1) is 17.9. The number of Topliss-reactive ketones (excluding diaryl/α,β-unsaturated/α-hetero) is 2. The van der Waals surface area contributed by atoms with E-state index in [9.17, 15) is 19.2 Å². The minimum absolute atomic E-state index is 0.0360. The van der Waals surface area contributed by atoms with E-state index >= 15 is 0 Å². The molecule has 0 saturated heterocycles. The average molecular weight is 378 g/mol. The molecule has 28 heavy (non-hydrogen) atoms. The summed E-state index contributed by atoms with van der Waals surface area (Å²) < 4.78 is 5.43. The number of hydrogen-bond acceptors (Lipinski definition) is 5. The fourth-order valence-corrected chi connectivity index (χ4v) is 3.65. The molecule has 2 heterocycles. The molecular formula is C21H18N2O5. The molecule has 1 atom stereocenters. The number of para-hydroxylation sites is 1. The molecule has 7 heteroatoms. The number of ketones is 2. The van der Waals surface area contributed by atoms with Crippen LogP contribution in [0.3, 0.4) is 0 Å². The van der Waals surface area contributed by atoms with Gasteiger partial charge in [0.1, 0.15) is 5.75 Å². The number of likely N-dealkylation sites (N-methyl/N-ethyl adjacent to an activating group) is 1. The Morgan fingerprint density at radius 1 is 1.11 bits per heavy atom. The number of hydrogen-bond donors (Lipinski definition) is 0. The number of ether oxygens (including phenoxy) is 1. The molecule has 0 saturated carbocycles. The summed E-state index contributed by atoms with van der Waals surface area (Å²) in [7, 11) is 0. The lowest BCUT2D eigenvalue weighted by Gasteiger charge is -2.29.